The highest BCUT2D eigenvalue weighted by molar-refractivity contribution is 5.81. The Morgan fingerprint density at radius 3 is 2.44 bits per heavy atom. The molecular weight excluding hydrogens is 346 g/mol. The number of aliphatic carboxylic acids is 1. The molecule has 0 aliphatic heterocycles. The fraction of sp³-hybridized carbons (Fsp3) is 0.526. The molecule has 3 rings (SSSR count). The minimum absolute atomic E-state index is 0.0535. The van der Waals surface area contributed by atoms with Crippen LogP contribution in [0.1, 0.15) is 61.9 Å². The van der Waals surface area contributed by atoms with Gasteiger partial charge >= 0.3 is 5.97 Å². The van der Waals surface area contributed by atoms with Gasteiger partial charge in [0, 0.05) is 6.42 Å². The van der Waals surface area contributed by atoms with Crippen molar-refractivity contribution in [2.45, 2.75) is 64.3 Å². The number of para-hydroxylation sites is 1. The smallest absolute Gasteiger partial charge is 0.303 e. The Bertz CT molecular complexity index is 819. The van der Waals surface area contributed by atoms with Crippen LogP contribution >= 0.6 is 0 Å². The van der Waals surface area contributed by atoms with Crippen LogP contribution in [0.4, 0.5) is 0 Å². The second kappa shape index (κ2) is 7.85. The molecule has 1 aromatic carbocycles. The lowest BCUT2D eigenvalue weighted by Gasteiger charge is -2.37. The van der Waals surface area contributed by atoms with E-state index in [9.17, 15) is 9.59 Å². The van der Waals surface area contributed by atoms with Crippen LogP contribution < -0.4 is 5.32 Å². The lowest BCUT2D eigenvalue weighted by atomic mass is 9.80. The van der Waals surface area contributed by atoms with Crippen molar-refractivity contribution < 1.29 is 14.7 Å². The van der Waals surface area contributed by atoms with Crippen LogP contribution in [0.3, 0.4) is 0 Å². The van der Waals surface area contributed by atoms with Crippen molar-refractivity contribution in [1.82, 2.24) is 25.5 Å². The maximum Gasteiger partial charge on any atom is 0.303 e. The van der Waals surface area contributed by atoms with E-state index in [2.05, 4.69) is 20.8 Å². The zero-order valence-corrected chi connectivity index (χ0v) is 15.7. The SMILES string of the molecule is Cc1cccc(C)c1-n1nnnc1C1(NC(=O)CCC(=O)O)CCCCC1. The van der Waals surface area contributed by atoms with E-state index in [1.165, 1.54) is 0 Å². The Hall–Kier alpha value is -2.77. The van der Waals surface area contributed by atoms with Crippen molar-refractivity contribution in [2.24, 2.45) is 0 Å². The number of nitrogens with zero attached hydrogens (tertiary/aromatic N) is 4. The monoisotopic (exact) mass is 371 g/mol. The standard InChI is InChI=1S/C19H25N5O3/c1-13-7-6-8-14(2)17(13)24-18(21-22-23-24)19(11-4-3-5-12-19)20-15(25)9-10-16(26)27/h6-8H,3-5,9-12H2,1-2H3,(H,20,25)(H,26,27). The largest absolute Gasteiger partial charge is 0.481 e. The molecule has 0 atom stereocenters. The number of carbonyl (C=O) groups excluding carboxylic acids is 1. The number of carboxylic acid groups (broad SMARTS) is 1. The van der Waals surface area contributed by atoms with E-state index >= 15 is 0 Å². The van der Waals surface area contributed by atoms with Gasteiger partial charge in [-0.25, -0.2) is 0 Å². The Morgan fingerprint density at radius 1 is 1.15 bits per heavy atom. The number of hydrogen-bond acceptors (Lipinski definition) is 5. The van der Waals surface area contributed by atoms with Gasteiger partial charge in [-0.15, -0.1) is 5.10 Å². The zero-order chi connectivity index (χ0) is 19.4. The summed E-state index contributed by atoms with van der Waals surface area (Å²) in [6.07, 6.45) is 4.23. The number of tetrazole rings is 1. The van der Waals surface area contributed by atoms with Crippen LogP contribution in [-0.2, 0) is 15.1 Å². The lowest BCUT2D eigenvalue weighted by Crippen LogP contribution is -2.49. The molecule has 0 unspecified atom stereocenters. The van der Waals surface area contributed by atoms with Gasteiger partial charge in [-0.1, -0.05) is 37.5 Å². The fourth-order valence-electron chi connectivity index (χ4n) is 3.89. The molecule has 1 amide bonds. The molecular formula is C19H25N5O3. The number of carbonyl (C=O) groups is 2. The van der Waals surface area contributed by atoms with Crippen molar-refractivity contribution in [3.63, 3.8) is 0 Å². The number of benzene rings is 1. The van der Waals surface area contributed by atoms with Crippen LogP contribution in [0.15, 0.2) is 18.2 Å². The summed E-state index contributed by atoms with van der Waals surface area (Å²) in [5, 5.41) is 24.3. The van der Waals surface area contributed by atoms with Gasteiger partial charge < -0.3 is 10.4 Å². The number of aryl methyl sites for hydroxylation is 2. The third-order valence-corrected chi connectivity index (χ3v) is 5.20. The molecule has 8 nitrogen and oxygen atoms in total. The first-order valence-corrected chi connectivity index (χ1v) is 9.31. The van der Waals surface area contributed by atoms with Crippen LogP contribution in [0.25, 0.3) is 5.69 Å². The molecule has 1 aliphatic carbocycles. The Kier molecular flexibility index (Phi) is 5.53. The van der Waals surface area contributed by atoms with Gasteiger partial charge in [-0.05, 0) is 48.2 Å². The zero-order valence-electron chi connectivity index (χ0n) is 15.7. The van der Waals surface area contributed by atoms with E-state index in [0.717, 1.165) is 48.9 Å². The minimum Gasteiger partial charge on any atom is -0.481 e. The number of amides is 1. The van der Waals surface area contributed by atoms with Crippen molar-refractivity contribution >= 4 is 11.9 Å². The molecule has 1 heterocycles. The van der Waals surface area contributed by atoms with Crippen LogP contribution in [0.5, 0.6) is 0 Å². The number of carboxylic acids is 1. The first-order valence-electron chi connectivity index (χ1n) is 9.31. The molecule has 0 spiro atoms. The number of nitrogens with one attached hydrogen (secondary N) is 1. The second-order valence-electron chi connectivity index (χ2n) is 7.24. The second-order valence-corrected chi connectivity index (χ2v) is 7.24. The summed E-state index contributed by atoms with van der Waals surface area (Å²) < 4.78 is 1.73. The van der Waals surface area contributed by atoms with Crippen molar-refractivity contribution in [1.29, 1.82) is 0 Å². The van der Waals surface area contributed by atoms with Gasteiger partial charge in [-0.2, -0.15) is 4.68 Å². The molecule has 1 aliphatic rings. The molecule has 8 heteroatoms. The van der Waals surface area contributed by atoms with Crippen LogP contribution in [0, 0.1) is 13.8 Å². The highest BCUT2D eigenvalue weighted by Gasteiger charge is 2.40. The first kappa shape index (κ1) is 19.0. The summed E-state index contributed by atoms with van der Waals surface area (Å²) in [5.41, 5.74) is 2.34. The molecule has 1 aromatic heterocycles. The van der Waals surface area contributed by atoms with E-state index in [1.54, 1.807) is 4.68 Å². The number of hydrogen-bond donors (Lipinski definition) is 2. The molecule has 0 radical (unpaired) electrons. The predicted octanol–water partition coefficient (Wildman–Crippen LogP) is 2.42. The van der Waals surface area contributed by atoms with E-state index in [0.29, 0.717) is 5.82 Å². The van der Waals surface area contributed by atoms with E-state index in [-0.39, 0.29) is 18.7 Å². The molecule has 2 aromatic rings. The summed E-state index contributed by atoms with van der Waals surface area (Å²) in [6.45, 7) is 4.01. The van der Waals surface area contributed by atoms with E-state index in [4.69, 9.17) is 5.11 Å². The van der Waals surface area contributed by atoms with Gasteiger partial charge in [0.15, 0.2) is 5.82 Å². The maximum absolute atomic E-state index is 12.4. The third kappa shape index (κ3) is 3.99. The summed E-state index contributed by atoms with van der Waals surface area (Å²) in [5.74, 6) is -0.651. The quantitative estimate of drug-likeness (QED) is 0.807. The highest BCUT2D eigenvalue weighted by atomic mass is 16.4. The first-order chi connectivity index (χ1) is 12.9. The van der Waals surface area contributed by atoms with Crippen molar-refractivity contribution in [2.75, 3.05) is 0 Å². The highest BCUT2D eigenvalue weighted by Crippen LogP contribution is 2.37. The van der Waals surface area contributed by atoms with Gasteiger partial charge in [-0.3, -0.25) is 9.59 Å². The van der Waals surface area contributed by atoms with Gasteiger partial charge in [0.2, 0.25) is 5.91 Å². The molecule has 144 valence electrons. The summed E-state index contributed by atoms with van der Waals surface area (Å²) in [7, 11) is 0. The molecule has 1 fully saturated rings. The van der Waals surface area contributed by atoms with Gasteiger partial charge in [0.1, 0.15) is 5.54 Å². The Labute approximate surface area is 158 Å². The number of aromatic nitrogens is 4. The van der Waals surface area contributed by atoms with E-state index in [1.807, 2.05) is 32.0 Å². The molecule has 2 N–H and O–H groups in total. The fourth-order valence-corrected chi connectivity index (χ4v) is 3.89. The molecule has 0 bridgehead atoms. The predicted molar refractivity (Wildman–Crippen MR) is 98.4 cm³/mol. The molecule has 27 heavy (non-hydrogen) atoms. The molecule has 1 saturated carbocycles. The summed E-state index contributed by atoms with van der Waals surface area (Å²) in [6, 6.07) is 6.00. The van der Waals surface area contributed by atoms with Crippen molar-refractivity contribution in [3.8, 4) is 5.69 Å². The van der Waals surface area contributed by atoms with Gasteiger partial charge in [0.25, 0.3) is 0 Å². The molecule has 0 saturated heterocycles. The minimum atomic E-state index is -0.983. The third-order valence-electron chi connectivity index (χ3n) is 5.20. The Morgan fingerprint density at radius 2 is 1.81 bits per heavy atom. The topological polar surface area (TPSA) is 110 Å². The maximum atomic E-state index is 12.4. The normalized spacial score (nSPS) is 16.1. The lowest BCUT2D eigenvalue weighted by molar-refractivity contribution is -0.139. The van der Waals surface area contributed by atoms with Crippen molar-refractivity contribution in [3.05, 3.63) is 35.2 Å². The summed E-state index contributed by atoms with van der Waals surface area (Å²) in [4.78, 5) is 23.2. The summed E-state index contributed by atoms with van der Waals surface area (Å²) >= 11 is 0. The number of rotatable bonds is 6. The average Bonchev–Trinajstić information content (AvgIpc) is 3.11. The van der Waals surface area contributed by atoms with Crippen LogP contribution in [0.2, 0.25) is 0 Å². The average molecular weight is 371 g/mol. The van der Waals surface area contributed by atoms with E-state index < -0.39 is 11.5 Å². The Balaban J connectivity index is 1.99. The van der Waals surface area contributed by atoms with Gasteiger partial charge in [0.05, 0.1) is 12.1 Å². The van der Waals surface area contributed by atoms with Crippen LogP contribution in [-0.4, -0.2) is 37.2 Å².